The van der Waals surface area contributed by atoms with Crippen molar-refractivity contribution in [2.75, 3.05) is 20.3 Å². The molecule has 1 aliphatic rings. The van der Waals surface area contributed by atoms with E-state index in [0.717, 1.165) is 22.6 Å². The molecule has 1 amide bonds. The average Bonchev–Trinajstić information content (AvgIpc) is 2.36. The van der Waals surface area contributed by atoms with E-state index in [1.807, 2.05) is 18.2 Å². The number of rotatable bonds is 2. The molecule has 1 N–H and O–H groups in total. The van der Waals surface area contributed by atoms with Gasteiger partial charge in [0, 0.05) is 12.1 Å². The zero-order valence-corrected chi connectivity index (χ0v) is 10.3. The van der Waals surface area contributed by atoms with Gasteiger partial charge in [-0.25, -0.2) is 4.79 Å². The van der Waals surface area contributed by atoms with Crippen molar-refractivity contribution < 1.29 is 14.3 Å². The lowest BCUT2D eigenvalue weighted by atomic mass is 9.98. The van der Waals surface area contributed by atoms with Gasteiger partial charge in [-0.2, -0.15) is 0 Å². The number of ether oxygens (including phenoxy) is 2. The molecule has 1 aromatic carbocycles. The summed E-state index contributed by atoms with van der Waals surface area (Å²) in [6, 6.07) is 5.70. The molecule has 5 heteroatoms. The number of hydrogen-bond donors (Lipinski definition) is 1. The Morgan fingerprint density at radius 1 is 1.65 bits per heavy atom. The Kier molecular flexibility index (Phi) is 3.86. The van der Waals surface area contributed by atoms with Gasteiger partial charge in [-0.15, -0.1) is 0 Å². The average molecular weight is 256 g/mol. The van der Waals surface area contributed by atoms with E-state index in [9.17, 15) is 4.79 Å². The molecule has 1 unspecified atom stereocenters. The van der Waals surface area contributed by atoms with Crippen LogP contribution in [0.1, 0.15) is 17.2 Å². The number of hydrogen-bond acceptors (Lipinski definition) is 3. The minimum atomic E-state index is -0.456. The SMILES string of the molecule is CNC(=O)OCC1OCCc2c(Cl)cccc21. The Morgan fingerprint density at radius 3 is 3.24 bits per heavy atom. The van der Waals surface area contributed by atoms with Crippen molar-refractivity contribution in [3.05, 3.63) is 34.3 Å². The molecule has 2 rings (SSSR count). The molecule has 0 radical (unpaired) electrons. The molecule has 0 fully saturated rings. The summed E-state index contributed by atoms with van der Waals surface area (Å²) in [6.45, 7) is 0.797. The first-order chi connectivity index (χ1) is 8.22. The summed E-state index contributed by atoms with van der Waals surface area (Å²) in [5.41, 5.74) is 2.10. The topological polar surface area (TPSA) is 47.6 Å². The van der Waals surface area contributed by atoms with Crippen LogP contribution >= 0.6 is 11.6 Å². The highest BCUT2D eigenvalue weighted by atomic mass is 35.5. The second kappa shape index (κ2) is 5.38. The van der Waals surface area contributed by atoms with E-state index in [1.165, 1.54) is 7.05 Å². The van der Waals surface area contributed by atoms with Gasteiger partial charge >= 0.3 is 6.09 Å². The van der Waals surface area contributed by atoms with Crippen molar-refractivity contribution in [2.45, 2.75) is 12.5 Å². The van der Waals surface area contributed by atoms with Crippen molar-refractivity contribution >= 4 is 17.7 Å². The zero-order valence-electron chi connectivity index (χ0n) is 9.53. The van der Waals surface area contributed by atoms with Gasteiger partial charge in [0.05, 0.1) is 6.61 Å². The Hall–Kier alpha value is -1.26. The number of alkyl carbamates (subject to hydrolysis) is 1. The van der Waals surface area contributed by atoms with Crippen LogP contribution in [0.4, 0.5) is 4.79 Å². The molecule has 0 saturated carbocycles. The first-order valence-corrected chi connectivity index (χ1v) is 5.83. The molecular formula is C12H14ClNO3. The van der Waals surface area contributed by atoms with E-state index in [1.54, 1.807) is 0 Å². The van der Waals surface area contributed by atoms with E-state index in [2.05, 4.69) is 5.32 Å². The van der Waals surface area contributed by atoms with Gasteiger partial charge < -0.3 is 14.8 Å². The van der Waals surface area contributed by atoms with Gasteiger partial charge in [0.1, 0.15) is 12.7 Å². The third-order valence-electron chi connectivity index (χ3n) is 2.74. The summed E-state index contributed by atoms with van der Waals surface area (Å²) >= 11 is 6.12. The minimum Gasteiger partial charge on any atom is -0.446 e. The molecule has 1 atom stereocenters. The maximum absolute atomic E-state index is 11.0. The lowest BCUT2D eigenvalue weighted by Gasteiger charge is -2.26. The minimum absolute atomic E-state index is 0.201. The number of nitrogens with one attached hydrogen (secondary N) is 1. The molecule has 17 heavy (non-hydrogen) atoms. The van der Waals surface area contributed by atoms with Crippen LogP contribution in [0.15, 0.2) is 18.2 Å². The predicted molar refractivity (Wildman–Crippen MR) is 64.3 cm³/mol. The fourth-order valence-electron chi connectivity index (χ4n) is 1.90. The molecule has 0 saturated heterocycles. The Balaban J connectivity index is 2.12. The molecule has 1 aromatic rings. The summed E-state index contributed by atoms with van der Waals surface area (Å²) in [5.74, 6) is 0. The largest absolute Gasteiger partial charge is 0.446 e. The van der Waals surface area contributed by atoms with Crippen LogP contribution in [0.5, 0.6) is 0 Å². The highest BCUT2D eigenvalue weighted by Crippen LogP contribution is 2.31. The fourth-order valence-corrected chi connectivity index (χ4v) is 2.17. The summed E-state index contributed by atoms with van der Waals surface area (Å²) in [5, 5.41) is 3.14. The number of halogens is 1. The quantitative estimate of drug-likeness (QED) is 0.882. The van der Waals surface area contributed by atoms with Gasteiger partial charge in [0.25, 0.3) is 0 Å². The monoisotopic (exact) mass is 255 g/mol. The molecule has 1 aliphatic heterocycles. The number of carbonyl (C=O) groups excluding carboxylic acids is 1. The van der Waals surface area contributed by atoms with E-state index in [4.69, 9.17) is 21.1 Å². The van der Waals surface area contributed by atoms with Gasteiger partial charge in [0.15, 0.2) is 0 Å². The second-order valence-electron chi connectivity index (χ2n) is 3.77. The summed E-state index contributed by atoms with van der Waals surface area (Å²) in [7, 11) is 1.52. The highest BCUT2D eigenvalue weighted by molar-refractivity contribution is 6.31. The van der Waals surface area contributed by atoms with Crippen LogP contribution < -0.4 is 5.32 Å². The van der Waals surface area contributed by atoms with Gasteiger partial charge in [0.2, 0.25) is 0 Å². The van der Waals surface area contributed by atoms with Crippen molar-refractivity contribution in [3.8, 4) is 0 Å². The molecule has 0 aromatic heterocycles. The van der Waals surface area contributed by atoms with E-state index >= 15 is 0 Å². The molecule has 4 nitrogen and oxygen atoms in total. The Labute approximate surface area is 105 Å². The predicted octanol–water partition coefficient (Wildman–Crippen LogP) is 2.31. The molecule has 0 bridgehead atoms. The fraction of sp³-hybridized carbons (Fsp3) is 0.417. The molecule has 92 valence electrons. The van der Waals surface area contributed by atoms with Crippen LogP contribution in [0.3, 0.4) is 0 Å². The maximum atomic E-state index is 11.0. The first-order valence-electron chi connectivity index (χ1n) is 5.45. The van der Waals surface area contributed by atoms with Crippen LogP contribution in [0.2, 0.25) is 5.02 Å². The zero-order chi connectivity index (χ0) is 12.3. The third kappa shape index (κ3) is 2.70. The number of benzene rings is 1. The number of fused-ring (bicyclic) bond motifs is 1. The van der Waals surface area contributed by atoms with E-state index in [-0.39, 0.29) is 12.7 Å². The van der Waals surface area contributed by atoms with Gasteiger partial charge in [-0.1, -0.05) is 23.7 Å². The van der Waals surface area contributed by atoms with Crippen molar-refractivity contribution in [3.63, 3.8) is 0 Å². The van der Waals surface area contributed by atoms with E-state index < -0.39 is 6.09 Å². The second-order valence-corrected chi connectivity index (χ2v) is 4.17. The Morgan fingerprint density at radius 2 is 2.47 bits per heavy atom. The maximum Gasteiger partial charge on any atom is 0.406 e. The molecule has 0 spiro atoms. The first kappa shape index (κ1) is 12.2. The highest BCUT2D eigenvalue weighted by Gasteiger charge is 2.23. The number of carbonyl (C=O) groups is 1. The molecule has 1 heterocycles. The molecular weight excluding hydrogens is 242 g/mol. The smallest absolute Gasteiger partial charge is 0.406 e. The van der Waals surface area contributed by atoms with Crippen LogP contribution in [0, 0.1) is 0 Å². The number of amides is 1. The summed E-state index contributed by atoms with van der Waals surface area (Å²) in [6.07, 6.45) is 0.114. The van der Waals surface area contributed by atoms with Crippen molar-refractivity contribution in [1.29, 1.82) is 0 Å². The standard InChI is InChI=1S/C12H14ClNO3/c1-14-12(15)17-7-11-9-3-2-4-10(13)8(9)5-6-16-11/h2-4,11H,5-7H2,1H3,(H,14,15). The Bertz CT molecular complexity index is 422. The lowest BCUT2D eigenvalue weighted by molar-refractivity contribution is -0.00356. The van der Waals surface area contributed by atoms with Crippen molar-refractivity contribution in [1.82, 2.24) is 5.32 Å². The van der Waals surface area contributed by atoms with Crippen LogP contribution in [-0.2, 0) is 15.9 Å². The third-order valence-corrected chi connectivity index (χ3v) is 3.10. The van der Waals surface area contributed by atoms with Crippen LogP contribution in [0.25, 0.3) is 0 Å². The normalized spacial score (nSPS) is 18.4. The molecule has 0 aliphatic carbocycles. The van der Waals surface area contributed by atoms with Gasteiger partial charge in [-0.05, 0) is 23.6 Å². The summed E-state index contributed by atoms with van der Waals surface area (Å²) < 4.78 is 10.6. The summed E-state index contributed by atoms with van der Waals surface area (Å²) in [4.78, 5) is 11.0. The van der Waals surface area contributed by atoms with Crippen molar-refractivity contribution in [2.24, 2.45) is 0 Å². The van der Waals surface area contributed by atoms with E-state index in [0.29, 0.717) is 6.61 Å². The lowest BCUT2D eigenvalue weighted by Crippen LogP contribution is -2.26. The van der Waals surface area contributed by atoms with Crippen LogP contribution in [-0.4, -0.2) is 26.4 Å². The van der Waals surface area contributed by atoms with Gasteiger partial charge in [-0.3, -0.25) is 0 Å².